The maximum atomic E-state index is 14.6. The van der Waals surface area contributed by atoms with Crippen LogP contribution in [0.5, 0.6) is 0 Å². The van der Waals surface area contributed by atoms with Crippen molar-refractivity contribution in [1.82, 2.24) is 4.90 Å². The first kappa shape index (κ1) is 17.6. The summed E-state index contributed by atoms with van der Waals surface area (Å²) in [6.07, 6.45) is -2.79. The maximum absolute atomic E-state index is 14.6. The lowest BCUT2D eigenvalue weighted by molar-refractivity contribution is -0.213. The molecule has 8 unspecified atom stereocenters. The van der Waals surface area contributed by atoms with E-state index in [-0.39, 0.29) is 29.7 Å². The maximum Gasteiger partial charge on any atom is 0.340 e. The summed E-state index contributed by atoms with van der Waals surface area (Å²) in [5.41, 5.74) is -0.385. The minimum Gasteiger partial charge on any atom is -0.478 e. The summed E-state index contributed by atoms with van der Waals surface area (Å²) in [5.74, 6) is -3.10. The molecule has 0 radical (unpaired) electrons. The molecule has 8 atom stereocenters. The van der Waals surface area contributed by atoms with E-state index < -0.39 is 48.3 Å². The summed E-state index contributed by atoms with van der Waals surface area (Å²) in [6.45, 7) is 1.50. The van der Waals surface area contributed by atoms with Crippen molar-refractivity contribution in [3.63, 3.8) is 0 Å². The predicted molar refractivity (Wildman–Crippen MR) is 84.7 cm³/mol. The third-order valence-corrected chi connectivity index (χ3v) is 6.39. The lowest BCUT2D eigenvalue weighted by atomic mass is 9.70. The second-order valence-corrected chi connectivity index (χ2v) is 7.78. The number of alkyl halides is 2. The Morgan fingerprint density at radius 1 is 1.27 bits per heavy atom. The van der Waals surface area contributed by atoms with E-state index in [1.165, 1.54) is 13.1 Å². The summed E-state index contributed by atoms with van der Waals surface area (Å²) in [5, 5.41) is 9.37. The fraction of sp³-hybridized carbons (Fsp3) is 0.722. The highest BCUT2D eigenvalue weighted by atomic mass is 19.2. The number of carboxylic acids is 1. The van der Waals surface area contributed by atoms with Crippen molar-refractivity contribution in [3.8, 4) is 0 Å². The molecule has 8 heteroatoms. The van der Waals surface area contributed by atoms with Gasteiger partial charge in [0.2, 0.25) is 0 Å². The Morgan fingerprint density at radius 2 is 2.00 bits per heavy atom. The fourth-order valence-corrected chi connectivity index (χ4v) is 5.08. The third-order valence-electron chi connectivity index (χ3n) is 6.39. The van der Waals surface area contributed by atoms with Crippen LogP contribution in [0.15, 0.2) is 11.8 Å². The number of nitrogens with zero attached hydrogens (tertiary/aromatic N) is 1. The van der Waals surface area contributed by atoms with Crippen LogP contribution in [0.3, 0.4) is 0 Å². The van der Waals surface area contributed by atoms with Gasteiger partial charge in [-0.05, 0) is 32.6 Å². The molecule has 0 bridgehead atoms. The van der Waals surface area contributed by atoms with Crippen LogP contribution in [-0.4, -0.2) is 64.2 Å². The second-order valence-electron chi connectivity index (χ2n) is 7.78. The van der Waals surface area contributed by atoms with E-state index >= 15 is 0 Å². The van der Waals surface area contributed by atoms with E-state index in [4.69, 9.17) is 4.74 Å². The summed E-state index contributed by atoms with van der Waals surface area (Å²) < 4.78 is 34.7. The van der Waals surface area contributed by atoms with E-state index in [1.807, 2.05) is 0 Å². The number of Topliss-reactive ketones (excluding diaryl/α,β-unsaturated/α-hetero) is 2. The minimum absolute atomic E-state index is 0.0337. The minimum atomic E-state index is -1.87. The van der Waals surface area contributed by atoms with Gasteiger partial charge in [-0.1, -0.05) is 0 Å². The molecule has 0 aromatic carbocycles. The van der Waals surface area contributed by atoms with Gasteiger partial charge in [0.15, 0.2) is 12.0 Å². The van der Waals surface area contributed by atoms with E-state index in [9.17, 15) is 28.3 Å². The van der Waals surface area contributed by atoms with Gasteiger partial charge < -0.3 is 14.7 Å². The summed E-state index contributed by atoms with van der Waals surface area (Å²) in [6, 6.07) is -0.928. The number of rotatable bonds is 2. The van der Waals surface area contributed by atoms with Gasteiger partial charge in [0.05, 0.1) is 18.2 Å². The fourth-order valence-electron chi connectivity index (χ4n) is 5.08. The molecule has 1 saturated heterocycles. The molecule has 2 saturated carbocycles. The molecule has 4 rings (SSSR count). The van der Waals surface area contributed by atoms with Crippen LogP contribution in [0.4, 0.5) is 8.78 Å². The van der Waals surface area contributed by atoms with Crippen molar-refractivity contribution in [2.45, 2.75) is 69.2 Å². The van der Waals surface area contributed by atoms with Crippen LogP contribution in [0.25, 0.3) is 0 Å². The Hall–Kier alpha value is -1.83. The van der Waals surface area contributed by atoms with Crippen LogP contribution >= 0.6 is 0 Å². The molecule has 2 heterocycles. The number of carbonyl (C=O) groups excluding carboxylic acids is 2. The Bertz CT molecular complexity index is 695. The topological polar surface area (TPSA) is 83.9 Å². The smallest absolute Gasteiger partial charge is 0.340 e. The van der Waals surface area contributed by atoms with Gasteiger partial charge in [-0.15, -0.1) is 0 Å². The van der Waals surface area contributed by atoms with Crippen molar-refractivity contribution in [3.05, 3.63) is 11.8 Å². The van der Waals surface area contributed by atoms with Gasteiger partial charge in [-0.2, -0.15) is 0 Å². The number of hydrogen-bond donors (Lipinski definition) is 1. The number of aliphatic carboxylic acids is 1. The zero-order valence-corrected chi connectivity index (χ0v) is 14.3. The first-order valence-corrected chi connectivity index (χ1v) is 9.00. The number of carbonyl (C=O) groups is 3. The highest BCUT2D eigenvalue weighted by Gasteiger charge is 2.59. The number of ketones is 2. The van der Waals surface area contributed by atoms with E-state index in [0.717, 1.165) is 0 Å². The van der Waals surface area contributed by atoms with Crippen molar-refractivity contribution < 1.29 is 33.0 Å². The Labute approximate surface area is 149 Å². The molecular weight excluding hydrogens is 348 g/mol. The first-order valence-electron chi connectivity index (χ1n) is 9.00. The number of halogens is 2. The van der Waals surface area contributed by atoms with Gasteiger partial charge in [-0.25, -0.2) is 13.6 Å². The van der Waals surface area contributed by atoms with E-state index in [1.54, 1.807) is 4.90 Å². The Kier molecular flexibility index (Phi) is 4.13. The van der Waals surface area contributed by atoms with Crippen LogP contribution in [-0.2, 0) is 19.1 Å². The molecule has 1 N–H and O–H groups in total. The van der Waals surface area contributed by atoms with Crippen molar-refractivity contribution in [2.75, 3.05) is 0 Å². The van der Waals surface area contributed by atoms with Crippen LogP contribution in [0.1, 0.15) is 32.6 Å². The Balaban J connectivity index is 1.74. The van der Waals surface area contributed by atoms with Gasteiger partial charge in [0, 0.05) is 18.0 Å². The van der Waals surface area contributed by atoms with Crippen molar-refractivity contribution >= 4 is 17.5 Å². The molecule has 4 aliphatic rings. The lowest BCUT2D eigenvalue weighted by Gasteiger charge is -2.58. The molecule has 6 nitrogen and oxygen atoms in total. The molecule has 2 aliphatic carbocycles. The van der Waals surface area contributed by atoms with Crippen molar-refractivity contribution in [1.29, 1.82) is 0 Å². The average Bonchev–Trinajstić information content (AvgIpc) is 2.60. The molecule has 0 aromatic heterocycles. The normalized spacial score (nSPS) is 44.7. The standard InChI is InChI=1S/C18H21F2NO5/c1-7(22)8-2-3-12-13(4-8)26-17-14(20)11(19)5-9-15(17)21(12)6-10(16(9)23)18(24)25/h6,8-9,11-15,17H,2-5H2,1H3,(H,24,25). The second kappa shape index (κ2) is 6.11. The average molecular weight is 369 g/mol. The van der Waals surface area contributed by atoms with E-state index in [0.29, 0.717) is 19.3 Å². The van der Waals surface area contributed by atoms with Crippen LogP contribution < -0.4 is 0 Å². The molecule has 142 valence electrons. The molecule has 26 heavy (non-hydrogen) atoms. The summed E-state index contributed by atoms with van der Waals surface area (Å²) in [7, 11) is 0. The quantitative estimate of drug-likeness (QED) is 0.742. The van der Waals surface area contributed by atoms with Gasteiger partial charge in [-0.3, -0.25) is 9.59 Å². The van der Waals surface area contributed by atoms with Gasteiger partial charge >= 0.3 is 5.97 Å². The molecule has 2 aliphatic heterocycles. The molecule has 3 fully saturated rings. The molecule has 0 aromatic rings. The van der Waals surface area contributed by atoms with Gasteiger partial charge in [0.1, 0.15) is 23.6 Å². The van der Waals surface area contributed by atoms with Gasteiger partial charge in [0.25, 0.3) is 0 Å². The largest absolute Gasteiger partial charge is 0.478 e. The monoisotopic (exact) mass is 369 g/mol. The number of hydrogen-bond acceptors (Lipinski definition) is 5. The number of ether oxygens (including phenoxy) is 1. The molecule has 0 spiro atoms. The third kappa shape index (κ3) is 2.49. The summed E-state index contributed by atoms with van der Waals surface area (Å²) >= 11 is 0. The zero-order valence-electron chi connectivity index (χ0n) is 14.3. The van der Waals surface area contributed by atoms with Crippen LogP contribution in [0, 0.1) is 11.8 Å². The highest BCUT2D eigenvalue weighted by Crippen LogP contribution is 2.47. The zero-order chi connectivity index (χ0) is 18.7. The van der Waals surface area contributed by atoms with E-state index in [2.05, 4.69) is 0 Å². The molecule has 0 amide bonds. The number of carboxylic acid groups (broad SMARTS) is 1. The van der Waals surface area contributed by atoms with Crippen LogP contribution in [0.2, 0.25) is 0 Å². The predicted octanol–water partition coefficient (Wildman–Crippen LogP) is 1.43. The molecular formula is C18H21F2NO5. The first-order chi connectivity index (χ1) is 12.3. The number of morpholine rings is 1. The number of fused-ring (bicyclic) bond motifs is 2. The Morgan fingerprint density at radius 3 is 2.65 bits per heavy atom. The summed E-state index contributed by atoms with van der Waals surface area (Å²) in [4.78, 5) is 37.5. The van der Waals surface area contributed by atoms with Crippen molar-refractivity contribution in [2.24, 2.45) is 11.8 Å². The lowest BCUT2D eigenvalue weighted by Crippen LogP contribution is -2.70. The SMILES string of the molecule is CC(=O)C1CCC2C(C1)OC1C(F)C(F)CC3C(=O)C(C(=O)O)=CN2C31. The highest BCUT2D eigenvalue weighted by molar-refractivity contribution is 6.18.